The van der Waals surface area contributed by atoms with Crippen LogP contribution in [0.15, 0.2) is 12.1 Å². The summed E-state index contributed by atoms with van der Waals surface area (Å²) in [7, 11) is -1.55. The van der Waals surface area contributed by atoms with Gasteiger partial charge < -0.3 is 9.16 Å². The van der Waals surface area contributed by atoms with Crippen LogP contribution in [0.1, 0.15) is 39.7 Å². The van der Waals surface area contributed by atoms with Crippen LogP contribution in [-0.2, 0) is 6.42 Å². The van der Waals surface area contributed by atoms with E-state index in [1.807, 2.05) is 0 Å². The monoisotopic (exact) mass is 352 g/mol. The molecule has 0 radical (unpaired) electrons. The van der Waals surface area contributed by atoms with Gasteiger partial charge in [-0.25, -0.2) is 0 Å². The lowest BCUT2D eigenvalue weighted by atomic mass is 10.1. The molecule has 0 aliphatic rings. The first-order chi connectivity index (χ1) is 10.3. The molecular weight excluding hydrogens is 316 g/mol. The molecule has 0 atom stereocenters. The van der Waals surface area contributed by atoms with E-state index in [1.165, 1.54) is 10.8 Å². The van der Waals surface area contributed by atoms with Crippen molar-refractivity contribution in [3.8, 4) is 11.5 Å². The Kier molecular flexibility index (Phi) is 6.19. The Morgan fingerprint density at radius 3 is 1.91 bits per heavy atom. The Morgan fingerprint density at radius 1 is 0.957 bits per heavy atom. The lowest BCUT2D eigenvalue weighted by Gasteiger charge is -2.37. The zero-order valence-electron chi connectivity index (χ0n) is 16.9. The summed E-state index contributed by atoms with van der Waals surface area (Å²) in [6.45, 7) is 20.8. The number of methoxy groups -OCH3 is 1. The summed E-state index contributed by atoms with van der Waals surface area (Å²) in [5.41, 5.74) is 1.29. The van der Waals surface area contributed by atoms with Gasteiger partial charge in [-0.05, 0) is 47.4 Å². The van der Waals surface area contributed by atoms with Gasteiger partial charge in [0, 0.05) is 0 Å². The maximum absolute atomic E-state index is 6.69. The third-order valence-corrected chi connectivity index (χ3v) is 11.2. The molecule has 0 unspecified atom stereocenters. The van der Waals surface area contributed by atoms with Crippen LogP contribution < -0.4 is 14.3 Å². The van der Waals surface area contributed by atoms with E-state index < -0.39 is 16.4 Å². The van der Waals surface area contributed by atoms with Crippen LogP contribution in [-0.4, -0.2) is 23.5 Å². The minimum Gasteiger partial charge on any atom is -0.543 e. The van der Waals surface area contributed by atoms with Gasteiger partial charge in [0.15, 0.2) is 0 Å². The van der Waals surface area contributed by atoms with Crippen molar-refractivity contribution in [1.82, 2.24) is 0 Å². The Labute approximate surface area is 145 Å². The molecule has 0 bridgehead atoms. The SMILES string of the molecule is CCCc1cc(OC)c([Si](C)(C)C)cc1O[Si](C)(C)C(C)(C)C. The zero-order chi connectivity index (χ0) is 18.1. The van der Waals surface area contributed by atoms with Crippen LogP contribution in [0.3, 0.4) is 0 Å². The second-order valence-electron chi connectivity index (χ2n) is 9.02. The van der Waals surface area contributed by atoms with E-state index in [1.54, 1.807) is 7.11 Å². The number of ether oxygens (including phenoxy) is 1. The molecule has 0 heterocycles. The van der Waals surface area contributed by atoms with Crippen molar-refractivity contribution in [3.05, 3.63) is 17.7 Å². The van der Waals surface area contributed by atoms with Gasteiger partial charge in [0.25, 0.3) is 0 Å². The van der Waals surface area contributed by atoms with Crippen molar-refractivity contribution >= 4 is 21.6 Å². The first-order valence-corrected chi connectivity index (χ1v) is 15.1. The lowest BCUT2D eigenvalue weighted by Crippen LogP contribution is -2.45. The zero-order valence-corrected chi connectivity index (χ0v) is 18.9. The van der Waals surface area contributed by atoms with Gasteiger partial charge in [-0.1, -0.05) is 53.8 Å². The van der Waals surface area contributed by atoms with Gasteiger partial charge in [0.2, 0.25) is 8.32 Å². The van der Waals surface area contributed by atoms with E-state index in [2.05, 4.69) is 72.6 Å². The molecule has 2 nitrogen and oxygen atoms in total. The molecule has 0 saturated carbocycles. The fourth-order valence-electron chi connectivity index (χ4n) is 2.34. The molecule has 0 aromatic heterocycles. The van der Waals surface area contributed by atoms with Gasteiger partial charge in [-0.15, -0.1) is 0 Å². The van der Waals surface area contributed by atoms with Crippen LogP contribution in [0.25, 0.3) is 0 Å². The normalized spacial score (nSPS) is 13.1. The van der Waals surface area contributed by atoms with Gasteiger partial charge in [0.05, 0.1) is 15.2 Å². The van der Waals surface area contributed by atoms with Crippen LogP contribution in [0.5, 0.6) is 11.5 Å². The van der Waals surface area contributed by atoms with Crippen molar-refractivity contribution in [2.75, 3.05) is 7.11 Å². The predicted octanol–water partition coefficient (Wildman–Crippen LogP) is 5.58. The first kappa shape index (κ1) is 20.3. The highest BCUT2D eigenvalue weighted by atomic mass is 28.4. The van der Waals surface area contributed by atoms with E-state index in [4.69, 9.17) is 9.16 Å². The Balaban J connectivity index is 3.44. The van der Waals surface area contributed by atoms with E-state index >= 15 is 0 Å². The highest BCUT2D eigenvalue weighted by molar-refractivity contribution is 6.89. The topological polar surface area (TPSA) is 18.5 Å². The summed E-state index contributed by atoms with van der Waals surface area (Å²) in [5.74, 6) is 2.13. The van der Waals surface area contributed by atoms with Crippen LogP contribution in [0.2, 0.25) is 37.8 Å². The van der Waals surface area contributed by atoms with E-state index in [0.29, 0.717) is 0 Å². The third kappa shape index (κ3) is 4.86. The highest BCUT2D eigenvalue weighted by Gasteiger charge is 2.39. The fraction of sp³-hybridized carbons (Fsp3) is 0.684. The summed E-state index contributed by atoms with van der Waals surface area (Å²) in [5, 5.41) is 1.56. The first-order valence-electron chi connectivity index (χ1n) is 8.74. The maximum Gasteiger partial charge on any atom is 0.250 e. The third-order valence-electron chi connectivity index (χ3n) is 4.88. The molecule has 23 heavy (non-hydrogen) atoms. The molecule has 1 rings (SSSR count). The molecule has 0 spiro atoms. The average molecular weight is 353 g/mol. The van der Waals surface area contributed by atoms with E-state index in [9.17, 15) is 0 Å². The van der Waals surface area contributed by atoms with Crippen LogP contribution >= 0.6 is 0 Å². The second-order valence-corrected chi connectivity index (χ2v) is 18.8. The summed E-state index contributed by atoms with van der Waals surface area (Å²) >= 11 is 0. The smallest absolute Gasteiger partial charge is 0.250 e. The molecule has 0 amide bonds. The van der Waals surface area contributed by atoms with Crippen LogP contribution in [0.4, 0.5) is 0 Å². The summed E-state index contributed by atoms with van der Waals surface area (Å²) in [6, 6.07) is 4.51. The van der Waals surface area contributed by atoms with Crippen molar-refractivity contribution in [1.29, 1.82) is 0 Å². The van der Waals surface area contributed by atoms with E-state index in [0.717, 1.165) is 24.3 Å². The van der Waals surface area contributed by atoms with Gasteiger partial charge >= 0.3 is 0 Å². The predicted molar refractivity (Wildman–Crippen MR) is 108 cm³/mol. The standard InChI is InChI=1S/C19H36O2Si2/c1-11-12-15-13-17(20-5)18(22(6,7)8)14-16(15)21-23(9,10)19(2,3)4/h13-14H,11-12H2,1-10H3. The van der Waals surface area contributed by atoms with Gasteiger partial charge in [0.1, 0.15) is 11.5 Å². The minimum absolute atomic E-state index is 0.204. The number of aryl methyl sites for hydroxylation is 1. The molecule has 1 aromatic carbocycles. The lowest BCUT2D eigenvalue weighted by molar-refractivity contribution is 0.415. The Morgan fingerprint density at radius 2 is 1.52 bits per heavy atom. The molecule has 132 valence electrons. The van der Waals surface area contributed by atoms with Crippen LogP contribution in [0, 0.1) is 0 Å². The molecule has 0 N–H and O–H groups in total. The molecule has 0 saturated heterocycles. The number of hydrogen-bond acceptors (Lipinski definition) is 2. The molecule has 0 fully saturated rings. The average Bonchev–Trinajstić information content (AvgIpc) is 2.37. The largest absolute Gasteiger partial charge is 0.543 e. The second kappa shape index (κ2) is 7.02. The van der Waals surface area contributed by atoms with Crippen molar-refractivity contribution in [2.45, 2.75) is 78.3 Å². The van der Waals surface area contributed by atoms with Crippen molar-refractivity contribution in [3.63, 3.8) is 0 Å². The van der Waals surface area contributed by atoms with Gasteiger partial charge in [-0.2, -0.15) is 0 Å². The minimum atomic E-state index is -1.84. The van der Waals surface area contributed by atoms with Gasteiger partial charge in [-0.3, -0.25) is 0 Å². The quantitative estimate of drug-likeness (QED) is 0.622. The Hall–Kier alpha value is -0.746. The number of rotatable bonds is 6. The molecule has 0 aliphatic carbocycles. The highest BCUT2D eigenvalue weighted by Crippen LogP contribution is 2.39. The molecule has 4 heteroatoms. The maximum atomic E-state index is 6.69. The molecule has 1 aromatic rings. The molecule has 0 aliphatic heterocycles. The summed E-state index contributed by atoms with van der Waals surface area (Å²) in [6.07, 6.45) is 2.15. The van der Waals surface area contributed by atoms with Crippen molar-refractivity contribution in [2.24, 2.45) is 0 Å². The van der Waals surface area contributed by atoms with Crippen molar-refractivity contribution < 1.29 is 9.16 Å². The van der Waals surface area contributed by atoms with E-state index in [-0.39, 0.29) is 5.04 Å². The fourth-order valence-corrected chi connectivity index (χ4v) is 4.87. The number of benzene rings is 1. The molecular formula is C19H36O2Si2. The Bertz CT molecular complexity index is 538. The summed E-state index contributed by atoms with van der Waals surface area (Å²) < 4.78 is 12.4. The number of hydrogen-bond donors (Lipinski definition) is 0. The summed E-state index contributed by atoms with van der Waals surface area (Å²) in [4.78, 5) is 0.